The summed E-state index contributed by atoms with van der Waals surface area (Å²) in [6, 6.07) is 11.5. The molecule has 1 aliphatic rings. The van der Waals surface area contributed by atoms with Gasteiger partial charge in [-0.2, -0.15) is 0 Å². The Kier molecular flexibility index (Phi) is 5.08. The second kappa shape index (κ2) is 7.43. The van der Waals surface area contributed by atoms with Gasteiger partial charge < -0.3 is 10.2 Å². The van der Waals surface area contributed by atoms with Gasteiger partial charge in [0.05, 0.1) is 0 Å². The van der Waals surface area contributed by atoms with E-state index in [9.17, 15) is 4.79 Å². The van der Waals surface area contributed by atoms with Crippen molar-refractivity contribution in [1.82, 2.24) is 10.2 Å². The number of amides is 1. The first kappa shape index (κ1) is 16.4. The van der Waals surface area contributed by atoms with E-state index in [2.05, 4.69) is 34.3 Å². The molecule has 0 radical (unpaired) electrons. The minimum Gasteiger partial charge on any atom is -0.355 e. The molecule has 1 aliphatic heterocycles. The minimum atomic E-state index is -0.221. The lowest BCUT2D eigenvalue weighted by Crippen LogP contribution is -2.30. The van der Waals surface area contributed by atoms with Crippen molar-refractivity contribution in [2.45, 2.75) is 39.0 Å². The van der Waals surface area contributed by atoms with Crippen molar-refractivity contribution in [2.24, 2.45) is 0 Å². The highest BCUT2D eigenvalue weighted by atomic mass is 16.1. The second-order valence-corrected chi connectivity index (χ2v) is 6.52. The van der Waals surface area contributed by atoms with Crippen LogP contribution in [0.4, 0.5) is 11.5 Å². The SMILES string of the molecule is CC(C)c1ccccc1NC(=O)c1ccc(N2CCCCC2)nn1. The number of nitrogens with zero attached hydrogens (tertiary/aromatic N) is 3. The highest BCUT2D eigenvalue weighted by Crippen LogP contribution is 2.24. The highest BCUT2D eigenvalue weighted by Gasteiger charge is 2.15. The molecule has 1 saturated heterocycles. The summed E-state index contributed by atoms with van der Waals surface area (Å²) in [6.07, 6.45) is 3.66. The zero-order valence-corrected chi connectivity index (χ0v) is 14.3. The lowest BCUT2D eigenvalue weighted by molar-refractivity contribution is 0.102. The minimum absolute atomic E-state index is 0.221. The van der Waals surface area contributed by atoms with Crippen LogP contribution in [0, 0.1) is 0 Å². The van der Waals surface area contributed by atoms with Crippen molar-refractivity contribution in [1.29, 1.82) is 0 Å². The molecule has 1 amide bonds. The third-order valence-electron chi connectivity index (χ3n) is 4.39. The van der Waals surface area contributed by atoms with Crippen molar-refractivity contribution in [3.05, 3.63) is 47.7 Å². The van der Waals surface area contributed by atoms with E-state index in [4.69, 9.17) is 0 Å². The van der Waals surface area contributed by atoms with Gasteiger partial charge in [-0.05, 0) is 48.9 Å². The van der Waals surface area contributed by atoms with Crippen molar-refractivity contribution in [3.63, 3.8) is 0 Å². The van der Waals surface area contributed by atoms with E-state index in [1.807, 2.05) is 30.3 Å². The van der Waals surface area contributed by atoms with Gasteiger partial charge in [0.25, 0.3) is 5.91 Å². The molecule has 5 heteroatoms. The van der Waals surface area contributed by atoms with E-state index in [0.29, 0.717) is 11.6 Å². The Balaban J connectivity index is 1.71. The lowest BCUT2D eigenvalue weighted by Gasteiger charge is -2.27. The molecule has 1 N–H and O–H groups in total. The van der Waals surface area contributed by atoms with Crippen LogP contribution in [0.2, 0.25) is 0 Å². The summed E-state index contributed by atoms with van der Waals surface area (Å²) in [5, 5.41) is 11.3. The molecule has 0 saturated carbocycles. The standard InChI is InChI=1S/C19H24N4O/c1-14(2)15-8-4-5-9-16(15)20-19(24)17-10-11-18(22-21-17)23-12-6-3-7-13-23/h4-5,8-11,14H,3,6-7,12-13H2,1-2H3,(H,20,24). The van der Waals surface area contributed by atoms with Crippen molar-refractivity contribution in [3.8, 4) is 0 Å². The fraction of sp³-hybridized carbons (Fsp3) is 0.421. The summed E-state index contributed by atoms with van der Waals surface area (Å²) in [7, 11) is 0. The van der Waals surface area contributed by atoms with E-state index in [0.717, 1.165) is 30.2 Å². The number of nitrogens with one attached hydrogen (secondary N) is 1. The summed E-state index contributed by atoms with van der Waals surface area (Å²) in [5.41, 5.74) is 2.29. The molecule has 0 spiro atoms. The molecule has 1 aromatic carbocycles. The number of carbonyl (C=O) groups is 1. The summed E-state index contributed by atoms with van der Waals surface area (Å²) in [4.78, 5) is 14.7. The van der Waals surface area contributed by atoms with Gasteiger partial charge in [0, 0.05) is 18.8 Å². The van der Waals surface area contributed by atoms with Crippen LogP contribution in [-0.2, 0) is 0 Å². The van der Waals surface area contributed by atoms with E-state index in [-0.39, 0.29) is 5.91 Å². The smallest absolute Gasteiger partial charge is 0.276 e. The molecular weight excluding hydrogens is 300 g/mol. The molecule has 0 bridgehead atoms. The molecule has 1 fully saturated rings. The number of anilines is 2. The fourth-order valence-electron chi connectivity index (χ4n) is 3.04. The Morgan fingerprint density at radius 2 is 1.79 bits per heavy atom. The molecule has 0 unspecified atom stereocenters. The quantitative estimate of drug-likeness (QED) is 0.928. The Morgan fingerprint density at radius 3 is 2.46 bits per heavy atom. The van der Waals surface area contributed by atoms with E-state index >= 15 is 0 Å². The topological polar surface area (TPSA) is 58.1 Å². The molecule has 3 rings (SSSR count). The number of aromatic nitrogens is 2. The van der Waals surface area contributed by atoms with Crippen LogP contribution in [0.15, 0.2) is 36.4 Å². The van der Waals surface area contributed by atoms with Crippen LogP contribution in [0.25, 0.3) is 0 Å². The van der Waals surface area contributed by atoms with Crippen LogP contribution in [0.5, 0.6) is 0 Å². The average Bonchev–Trinajstić information content (AvgIpc) is 2.63. The number of piperidine rings is 1. The van der Waals surface area contributed by atoms with Crippen LogP contribution in [-0.4, -0.2) is 29.2 Å². The molecule has 5 nitrogen and oxygen atoms in total. The molecule has 2 aromatic rings. The lowest BCUT2D eigenvalue weighted by atomic mass is 10.0. The number of hydrogen-bond donors (Lipinski definition) is 1. The maximum Gasteiger partial charge on any atom is 0.276 e. The molecular formula is C19H24N4O. The van der Waals surface area contributed by atoms with Crippen molar-refractivity contribution >= 4 is 17.4 Å². The zero-order valence-electron chi connectivity index (χ0n) is 14.3. The first-order chi connectivity index (χ1) is 11.6. The Labute approximate surface area is 143 Å². The van der Waals surface area contributed by atoms with Crippen LogP contribution < -0.4 is 10.2 Å². The average molecular weight is 324 g/mol. The predicted octanol–water partition coefficient (Wildman–Crippen LogP) is 3.84. The summed E-state index contributed by atoms with van der Waals surface area (Å²) in [5.74, 6) is 0.976. The number of para-hydroxylation sites is 1. The van der Waals surface area contributed by atoms with Gasteiger partial charge in [-0.15, -0.1) is 10.2 Å². The number of rotatable bonds is 4. The van der Waals surface area contributed by atoms with Crippen LogP contribution >= 0.6 is 0 Å². The number of benzene rings is 1. The molecule has 126 valence electrons. The van der Waals surface area contributed by atoms with Gasteiger partial charge in [-0.1, -0.05) is 32.0 Å². The van der Waals surface area contributed by atoms with Crippen LogP contribution in [0.1, 0.15) is 55.1 Å². The molecule has 1 aromatic heterocycles. The van der Waals surface area contributed by atoms with Gasteiger partial charge in [0.15, 0.2) is 11.5 Å². The van der Waals surface area contributed by atoms with Crippen molar-refractivity contribution in [2.75, 3.05) is 23.3 Å². The van der Waals surface area contributed by atoms with Gasteiger partial charge in [-0.3, -0.25) is 4.79 Å². The monoisotopic (exact) mass is 324 g/mol. The first-order valence-electron chi connectivity index (χ1n) is 8.64. The summed E-state index contributed by atoms with van der Waals surface area (Å²) >= 11 is 0. The molecule has 0 aliphatic carbocycles. The van der Waals surface area contributed by atoms with E-state index < -0.39 is 0 Å². The zero-order chi connectivity index (χ0) is 16.9. The summed E-state index contributed by atoms with van der Waals surface area (Å²) < 4.78 is 0. The van der Waals surface area contributed by atoms with E-state index in [1.54, 1.807) is 6.07 Å². The largest absolute Gasteiger partial charge is 0.355 e. The van der Waals surface area contributed by atoms with Crippen LogP contribution in [0.3, 0.4) is 0 Å². The number of hydrogen-bond acceptors (Lipinski definition) is 4. The van der Waals surface area contributed by atoms with Gasteiger partial charge >= 0.3 is 0 Å². The molecule has 2 heterocycles. The maximum absolute atomic E-state index is 12.4. The molecule has 0 atom stereocenters. The molecule has 24 heavy (non-hydrogen) atoms. The van der Waals surface area contributed by atoms with Gasteiger partial charge in [-0.25, -0.2) is 0 Å². The third-order valence-corrected chi connectivity index (χ3v) is 4.39. The van der Waals surface area contributed by atoms with E-state index in [1.165, 1.54) is 19.3 Å². The Hall–Kier alpha value is -2.43. The number of carbonyl (C=O) groups excluding carboxylic acids is 1. The fourth-order valence-corrected chi connectivity index (χ4v) is 3.04. The van der Waals surface area contributed by atoms with Gasteiger partial charge in [0.1, 0.15) is 0 Å². The van der Waals surface area contributed by atoms with Gasteiger partial charge in [0.2, 0.25) is 0 Å². The Morgan fingerprint density at radius 1 is 1.04 bits per heavy atom. The third kappa shape index (κ3) is 3.72. The maximum atomic E-state index is 12.4. The van der Waals surface area contributed by atoms with Crippen molar-refractivity contribution < 1.29 is 4.79 Å². The highest BCUT2D eigenvalue weighted by molar-refractivity contribution is 6.03. The predicted molar refractivity (Wildman–Crippen MR) is 96.6 cm³/mol. The summed E-state index contributed by atoms with van der Waals surface area (Å²) in [6.45, 7) is 6.25. The normalized spacial score (nSPS) is 14.7. The first-order valence-corrected chi connectivity index (χ1v) is 8.64. The second-order valence-electron chi connectivity index (χ2n) is 6.52. The Bertz CT molecular complexity index is 691.